The number of pyridine rings is 1. The Balaban J connectivity index is 0.00000259. The Morgan fingerprint density at radius 1 is 1.15 bits per heavy atom. The first-order chi connectivity index (χ1) is 15.4. The molecule has 9 heteroatoms. The minimum Gasteiger partial charge on any atom is -0.322 e. The fraction of sp³-hybridized carbons (Fsp3) is 0.417. The predicted octanol–water partition coefficient (Wildman–Crippen LogP) is 5.68. The molecule has 4 nitrogen and oxygen atoms in total. The van der Waals surface area contributed by atoms with Gasteiger partial charge in [0.2, 0.25) is 0 Å². The molecule has 176 valence electrons. The number of benzene rings is 1. The third-order valence-electron chi connectivity index (χ3n) is 6.76. The van der Waals surface area contributed by atoms with Gasteiger partial charge in [-0.05, 0) is 55.1 Å². The van der Waals surface area contributed by atoms with Crippen molar-refractivity contribution >= 4 is 24.2 Å². The number of rotatable bonds is 7. The molecule has 2 aliphatic rings. The number of piperidine rings is 1. The normalized spacial score (nSPS) is 22.1. The summed E-state index contributed by atoms with van der Waals surface area (Å²) < 4.78 is 40.7. The van der Waals surface area contributed by atoms with Gasteiger partial charge in [0.15, 0.2) is 5.16 Å². The summed E-state index contributed by atoms with van der Waals surface area (Å²) in [6.07, 6.45) is 3.37. The highest BCUT2D eigenvalue weighted by Crippen LogP contribution is 2.59. The van der Waals surface area contributed by atoms with E-state index in [0.717, 1.165) is 60.2 Å². The molecule has 0 unspecified atom stereocenters. The Hall–Kier alpha value is -2.03. The van der Waals surface area contributed by atoms with E-state index in [0.29, 0.717) is 5.92 Å². The number of fused-ring (bicyclic) bond motifs is 1. The molecule has 3 heterocycles. The van der Waals surface area contributed by atoms with Crippen LogP contribution < -0.4 is 0 Å². The summed E-state index contributed by atoms with van der Waals surface area (Å²) in [4.78, 5) is 11.2. The highest BCUT2D eigenvalue weighted by Gasteiger charge is 2.60. The van der Waals surface area contributed by atoms with E-state index in [1.165, 1.54) is 12.1 Å². The molecule has 0 spiro atoms. The molecule has 0 N–H and O–H groups in total. The third kappa shape index (κ3) is 4.79. The number of halogens is 4. The highest BCUT2D eigenvalue weighted by atomic mass is 35.5. The Bertz CT molecular complexity index is 1090. The average Bonchev–Trinajstić information content (AvgIpc) is 3.16. The fourth-order valence-electron chi connectivity index (χ4n) is 4.96. The van der Waals surface area contributed by atoms with Crippen LogP contribution >= 0.6 is 24.2 Å². The summed E-state index contributed by atoms with van der Waals surface area (Å²) >= 11 is 1.76. The van der Waals surface area contributed by atoms with Gasteiger partial charge in [0.05, 0.1) is 17.5 Å². The molecule has 2 atom stereocenters. The number of thioether (sulfide) groups is 1. The van der Waals surface area contributed by atoms with Gasteiger partial charge in [-0.15, -0.1) is 12.4 Å². The zero-order chi connectivity index (χ0) is 22.3. The molecule has 0 bridgehead atoms. The summed E-state index contributed by atoms with van der Waals surface area (Å²) in [7, 11) is 2.03. The molecule has 5 rings (SSSR count). The van der Waals surface area contributed by atoms with Gasteiger partial charge in [-0.3, -0.25) is 4.98 Å². The van der Waals surface area contributed by atoms with Gasteiger partial charge in [-0.25, -0.2) is 4.98 Å². The van der Waals surface area contributed by atoms with Crippen molar-refractivity contribution in [2.24, 2.45) is 13.0 Å². The molecule has 2 aromatic heterocycles. The topological polar surface area (TPSA) is 34.0 Å². The van der Waals surface area contributed by atoms with Crippen molar-refractivity contribution in [2.45, 2.75) is 29.6 Å². The Morgan fingerprint density at radius 3 is 2.64 bits per heavy atom. The van der Waals surface area contributed by atoms with E-state index in [2.05, 4.69) is 19.4 Å². The molecule has 1 saturated carbocycles. The van der Waals surface area contributed by atoms with E-state index in [1.54, 1.807) is 30.1 Å². The number of nitrogens with zero attached hydrogens (tertiary/aromatic N) is 4. The van der Waals surface area contributed by atoms with Gasteiger partial charge in [-0.1, -0.05) is 23.9 Å². The lowest BCUT2D eigenvalue weighted by Crippen LogP contribution is -2.28. The van der Waals surface area contributed by atoms with Crippen molar-refractivity contribution in [1.29, 1.82) is 0 Å². The van der Waals surface area contributed by atoms with Crippen LogP contribution in [0.3, 0.4) is 0 Å². The first-order valence-electron chi connectivity index (χ1n) is 10.8. The van der Waals surface area contributed by atoms with E-state index in [1.807, 2.05) is 31.6 Å². The average molecular weight is 495 g/mol. The number of likely N-dealkylation sites (tertiary alicyclic amines) is 1. The number of hydrogen-bond donors (Lipinski definition) is 0. The van der Waals surface area contributed by atoms with Gasteiger partial charge in [0, 0.05) is 49.3 Å². The Morgan fingerprint density at radius 2 is 1.94 bits per heavy atom. The van der Waals surface area contributed by atoms with Crippen molar-refractivity contribution in [2.75, 3.05) is 25.4 Å². The van der Waals surface area contributed by atoms with Gasteiger partial charge in [-0.2, -0.15) is 13.2 Å². The quantitative estimate of drug-likeness (QED) is 0.312. The zero-order valence-corrected chi connectivity index (χ0v) is 19.9. The van der Waals surface area contributed by atoms with Gasteiger partial charge >= 0.3 is 6.18 Å². The molecule has 2 fully saturated rings. The summed E-state index contributed by atoms with van der Waals surface area (Å²) in [6.45, 7) is 2.99. The lowest BCUT2D eigenvalue weighted by molar-refractivity contribution is -0.137. The Labute approximate surface area is 202 Å². The SMILES string of the molecule is Cl.Cn1c(-c2cccnc2)cnc1SCCCN1C[C@@H]2C[C@]2(c2ccc(C(F)(F)F)cc2)C1. The number of imidazole rings is 1. The molecular formula is C24H26ClF3N4S. The van der Waals surface area contributed by atoms with Crippen molar-refractivity contribution in [3.8, 4) is 11.3 Å². The maximum atomic E-state index is 12.9. The number of hydrogen-bond acceptors (Lipinski definition) is 4. The third-order valence-corrected chi connectivity index (χ3v) is 7.89. The second-order valence-electron chi connectivity index (χ2n) is 8.80. The molecule has 0 amide bonds. The first-order valence-corrected chi connectivity index (χ1v) is 11.8. The lowest BCUT2D eigenvalue weighted by Gasteiger charge is -2.21. The predicted molar refractivity (Wildman–Crippen MR) is 127 cm³/mol. The number of alkyl halides is 3. The molecule has 0 radical (unpaired) electrons. The van der Waals surface area contributed by atoms with Crippen LogP contribution in [-0.4, -0.2) is 44.8 Å². The fourth-order valence-corrected chi connectivity index (χ4v) is 5.83. The largest absolute Gasteiger partial charge is 0.416 e. The lowest BCUT2D eigenvalue weighted by atomic mass is 9.94. The number of aromatic nitrogens is 3. The first kappa shape index (κ1) is 24.1. The molecule has 1 aliphatic heterocycles. The van der Waals surface area contributed by atoms with Crippen molar-refractivity contribution in [3.05, 3.63) is 66.1 Å². The van der Waals surface area contributed by atoms with Crippen LogP contribution in [0.2, 0.25) is 0 Å². The maximum absolute atomic E-state index is 12.9. The second-order valence-corrected chi connectivity index (χ2v) is 9.86. The van der Waals surface area contributed by atoms with Gasteiger partial charge in [0.25, 0.3) is 0 Å². The maximum Gasteiger partial charge on any atom is 0.416 e. The van der Waals surface area contributed by atoms with Crippen LogP contribution in [0.25, 0.3) is 11.3 Å². The minimum absolute atomic E-state index is 0. The van der Waals surface area contributed by atoms with E-state index in [4.69, 9.17) is 0 Å². The minimum atomic E-state index is -4.27. The van der Waals surface area contributed by atoms with Gasteiger partial charge in [0.1, 0.15) is 0 Å². The van der Waals surface area contributed by atoms with Crippen LogP contribution in [0, 0.1) is 5.92 Å². The second kappa shape index (κ2) is 9.31. The summed E-state index contributed by atoms with van der Waals surface area (Å²) in [5.41, 5.74) is 2.67. The standard InChI is InChI=1S/C24H25F3N4S.ClH/c1-30-21(17-4-2-9-28-13-17)14-29-22(30)32-11-3-10-31-15-20-12-23(20,16-31)18-5-7-19(8-6-18)24(25,26)27;/h2,4-9,13-14,20H,3,10-12,15-16H2,1H3;1H/t20-,23+;/m0./s1. The van der Waals surface area contributed by atoms with E-state index in [9.17, 15) is 13.2 Å². The van der Waals surface area contributed by atoms with Crippen LogP contribution in [0.5, 0.6) is 0 Å². The molecule has 33 heavy (non-hydrogen) atoms. The molecule has 1 aliphatic carbocycles. The van der Waals surface area contributed by atoms with Crippen LogP contribution in [0.1, 0.15) is 24.0 Å². The molecule has 3 aromatic rings. The Kier molecular flexibility index (Phi) is 6.80. The van der Waals surface area contributed by atoms with Crippen LogP contribution in [0.15, 0.2) is 60.1 Å². The summed E-state index contributed by atoms with van der Waals surface area (Å²) in [6, 6.07) is 9.78. The van der Waals surface area contributed by atoms with E-state index < -0.39 is 11.7 Å². The van der Waals surface area contributed by atoms with Crippen LogP contribution in [0.4, 0.5) is 13.2 Å². The van der Waals surface area contributed by atoms with Crippen molar-refractivity contribution in [1.82, 2.24) is 19.4 Å². The van der Waals surface area contributed by atoms with E-state index in [-0.39, 0.29) is 17.8 Å². The van der Waals surface area contributed by atoms with Crippen LogP contribution in [-0.2, 0) is 18.6 Å². The van der Waals surface area contributed by atoms with Gasteiger partial charge < -0.3 is 9.47 Å². The monoisotopic (exact) mass is 494 g/mol. The zero-order valence-electron chi connectivity index (χ0n) is 18.3. The van der Waals surface area contributed by atoms with Crippen molar-refractivity contribution in [3.63, 3.8) is 0 Å². The summed E-state index contributed by atoms with van der Waals surface area (Å²) in [5.74, 6) is 1.55. The highest BCUT2D eigenvalue weighted by molar-refractivity contribution is 7.99. The van der Waals surface area contributed by atoms with Crippen molar-refractivity contribution < 1.29 is 13.2 Å². The molecular weight excluding hydrogens is 469 g/mol. The smallest absolute Gasteiger partial charge is 0.322 e. The van der Waals surface area contributed by atoms with E-state index >= 15 is 0 Å². The summed E-state index contributed by atoms with van der Waals surface area (Å²) in [5, 5.41) is 0.995. The molecule has 1 aromatic carbocycles. The molecule has 1 saturated heterocycles.